The number of hydrogen-bond donors (Lipinski definition) is 0. The van der Waals surface area contributed by atoms with Crippen LogP contribution in [0.5, 0.6) is 5.75 Å². The van der Waals surface area contributed by atoms with E-state index in [0.29, 0.717) is 37.7 Å². The van der Waals surface area contributed by atoms with Crippen molar-refractivity contribution in [2.24, 2.45) is 0 Å². The molecule has 3 aromatic rings. The minimum atomic E-state index is 0.126. The van der Waals surface area contributed by atoms with Crippen LogP contribution in [-0.4, -0.2) is 10.2 Å². The Morgan fingerprint density at radius 2 is 1.83 bits per heavy atom. The first kappa shape index (κ1) is 17.4. The fourth-order valence-electron chi connectivity index (χ4n) is 1.84. The molecule has 0 aliphatic carbocycles. The summed E-state index contributed by atoms with van der Waals surface area (Å²) in [6, 6.07) is 12.6. The molecule has 24 heavy (non-hydrogen) atoms. The lowest BCUT2D eigenvalue weighted by Gasteiger charge is -2.05. The van der Waals surface area contributed by atoms with Crippen LogP contribution in [0.15, 0.2) is 52.1 Å². The molecule has 0 spiro atoms. The highest BCUT2D eigenvalue weighted by molar-refractivity contribution is 7.98. The summed E-state index contributed by atoms with van der Waals surface area (Å²) in [5, 5.41) is 10.1. The summed E-state index contributed by atoms with van der Waals surface area (Å²) in [5.74, 6) is 1.51. The normalized spacial score (nSPS) is 10.8. The Bertz CT molecular complexity index is 842. The number of benzene rings is 2. The second-order valence-corrected chi connectivity index (χ2v) is 6.88. The van der Waals surface area contributed by atoms with Crippen molar-refractivity contribution in [1.29, 1.82) is 0 Å². The molecule has 0 N–H and O–H groups in total. The molecule has 3 rings (SSSR count). The first-order valence-corrected chi connectivity index (χ1v) is 9.00. The van der Waals surface area contributed by atoms with Gasteiger partial charge in [0.1, 0.15) is 5.75 Å². The number of ether oxygens (including phenoxy) is 1. The van der Waals surface area contributed by atoms with Gasteiger partial charge in [-0.25, -0.2) is 0 Å². The Balaban J connectivity index is 1.56. The zero-order chi connectivity index (χ0) is 16.9. The standard InChI is InChI=1S/C16H11Cl3N2O2S/c17-11-5-6-14(13(19)7-11)22-8-15-20-21-16(23-15)24-9-10-3-1-2-4-12(10)18/h1-7H,8-9H2. The van der Waals surface area contributed by atoms with Gasteiger partial charge in [0.25, 0.3) is 11.1 Å². The van der Waals surface area contributed by atoms with E-state index in [9.17, 15) is 0 Å². The van der Waals surface area contributed by atoms with E-state index in [-0.39, 0.29) is 6.61 Å². The number of nitrogens with zero attached hydrogens (tertiary/aromatic N) is 2. The number of thioether (sulfide) groups is 1. The van der Waals surface area contributed by atoms with E-state index in [1.165, 1.54) is 11.8 Å². The predicted octanol–water partition coefficient (Wildman–Crippen LogP) is 5.90. The summed E-state index contributed by atoms with van der Waals surface area (Å²) in [6.07, 6.45) is 0. The van der Waals surface area contributed by atoms with Crippen LogP contribution in [-0.2, 0) is 12.4 Å². The Kier molecular flexibility index (Phi) is 5.89. The zero-order valence-electron chi connectivity index (χ0n) is 12.2. The van der Waals surface area contributed by atoms with Crippen molar-refractivity contribution in [3.05, 3.63) is 69.0 Å². The monoisotopic (exact) mass is 400 g/mol. The molecule has 0 saturated heterocycles. The molecule has 0 saturated carbocycles. The summed E-state index contributed by atoms with van der Waals surface area (Å²) < 4.78 is 11.1. The highest BCUT2D eigenvalue weighted by Crippen LogP contribution is 2.29. The first-order chi connectivity index (χ1) is 11.6. The van der Waals surface area contributed by atoms with Crippen LogP contribution in [0, 0.1) is 0 Å². The van der Waals surface area contributed by atoms with Crippen molar-refractivity contribution in [2.75, 3.05) is 0 Å². The van der Waals surface area contributed by atoms with Gasteiger partial charge in [0.2, 0.25) is 0 Å². The molecule has 8 heteroatoms. The third-order valence-electron chi connectivity index (χ3n) is 3.00. The van der Waals surface area contributed by atoms with Gasteiger partial charge in [-0.1, -0.05) is 64.8 Å². The molecule has 0 amide bonds. The molecule has 0 bridgehead atoms. The molecule has 0 atom stereocenters. The molecule has 2 aromatic carbocycles. The van der Waals surface area contributed by atoms with Crippen LogP contribution >= 0.6 is 46.6 Å². The molecule has 0 aliphatic rings. The first-order valence-electron chi connectivity index (χ1n) is 6.88. The maximum atomic E-state index is 6.12. The lowest BCUT2D eigenvalue weighted by atomic mass is 10.2. The summed E-state index contributed by atoms with van der Waals surface area (Å²) in [7, 11) is 0. The van der Waals surface area contributed by atoms with E-state index in [2.05, 4.69) is 10.2 Å². The highest BCUT2D eigenvalue weighted by atomic mass is 35.5. The van der Waals surface area contributed by atoms with Gasteiger partial charge >= 0.3 is 0 Å². The number of halogens is 3. The van der Waals surface area contributed by atoms with E-state index >= 15 is 0 Å². The van der Waals surface area contributed by atoms with Gasteiger partial charge in [0, 0.05) is 15.8 Å². The predicted molar refractivity (Wildman–Crippen MR) is 96.1 cm³/mol. The largest absolute Gasteiger partial charge is 0.482 e. The number of hydrogen-bond acceptors (Lipinski definition) is 5. The Morgan fingerprint density at radius 1 is 1.00 bits per heavy atom. The van der Waals surface area contributed by atoms with Gasteiger partial charge in [-0.3, -0.25) is 0 Å². The molecule has 1 aromatic heterocycles. The summed E-state index contributed by atoms with van der Waals surface area (Å²) >= 11 is 19.4. The number of rotatable bonds is 6. The van der Waals surface area contributed by atoms with Crippen molar-refractivity contribution in [1.82, 2.24) is 10.2 Å². The summed E-state index contributed by atoms with van der Waals surface area (Å²) in [4.78, 5) is 0. The van der Waals surface area contributed by atoms with Gasteiger partial charge in [-0.2, -0.15) is 0 Å². The van der Waals surface area contributed by atoms with Crippen molar-refractivity contribution in [3.8, 4) is 5.75 Å². The molecule has 0 aliphatic heterocycles. The molecule has 4 nitrogen and oxygen atoms in total. The molecular weight excluding hydrogens is 391 g/mol. The molecule has 0 unspecified atom stereocenters. The van der Waals surface area contributed by atoms with Crippen LogP contribution in [0.1, 0.15) is 11.5 Å². The third-order valence-corrected chi connectivity index (χ3v) is 4.77. The SMILES string of the molecule is Clc1ccc(OCc2nnc(SCc3ccccc3Cl)o2)c(Cl)c1. The zero-order valence-corrected chi connectivity index (χ0v) is 15.3. The summed E-state index contributed by atoms with van der Waals surface area (Å²) in [5.41, 5.74) is 1.01. The topological polar surface area (TPSA) is 48.2 Å². The maximum Gasteiger partial charge on any atom is 0.277 e. The second-order valence-electron chi connectivity index (χ2n) is 4.71. The summed E-state index contributed by atoms with van der Waals surface area (Å²) in [6.45, 7) is 0.126. The molecule has 124 valence electrons. The van der Waals surface area contributed by atoms with Gasteiger partial charge in [0.15, 0.2) is 6.61 Å². The lowest BCUT2D eigenvalue weighted by Crippen LogP contribution is -1.96. The fraction of sp³-hybridized carbons (Fsp3) is 0.125. The van der Waals surface area contributed by atoms with Gasteiger partial charge in [-0.15, -0.1) is 10.2 Å². The van der Waals surface area contributed by atoms with E-state index in [1.54, 1.807) is 18.2 Å². The Hall–Kier alpha value is -1.40. The third kappa shape index (κ3) is 4.57. The molecule has 1 heterocycles. The average Bonchev–Trinajstić information content (AvgIpc) is 3.01. The molecule has 0 radical (unpaired) electrons. The van der Waals surface area contributed by atoms with E-state index in [1.807, 2.05) is 24.3 Å². The Morgan fingerprint density at radius 3 is 2.62 bits per heavy atom. The average molecular weight is 402 g/mol. The second kappa shape index (κ2) is 8.12. The van der Waals surface area contributed by atoms with Crippen LogP contribution in [0.4, 0.5) is 0 Å². The van der Waals surface area contributed by atoms with Crippen LogP contribution in [0.3, 0.4) is 0 Å². The van der Waals surface area contributed by atoms with Crippen molar-refractivity contribution < 1.29 is 9.15 Å². The van der Waals surface area contributed by atoms with Gasteiger partial charge in [-0.05, 0) is 29.8 Å². The Labute approximate surface area is 158 Å². The van der Waals surface area contributed by atoms with E-state index < -0.39 is 0 Å². The maximum absolute atomic E-state index is 6.12. The van der Waals surface area contributed by atoms with E-state index in [4.69, 9.17) is 44.0 Å². The molecule has 0 fully saturated rings. The smallest absolute Gasteiger partial charge is 0.277 e. The minimum absolute atomic E-state index is 0.126. The van der Waals surface area contributed by atoms with Crippen molar-refractivity contribution in [2.45, 2.75) is 17.6 Å². The fourth-order valence-corrected chi connectivity index (χ4v) is 3.37. The number of aromatic nitrogens is 2. The highest BCUT2D eigenvalue weighted by Gasteiger charge is 2.10. The van der Waals surface area contributed by atoms with Crippen LogP contribution in [0.25, 0.3) is 0 Å². The van der Waals surface area contributed by atoms with Crippen molar-refractivity contribution >= 4 is 46.6 Å². The van der Waals surface area contributed by atoms with Gasteiger partial charge in [0.05, 0.1) is 5.02 Å². The van der Waals surface area contributed by atoms with Crippen molar-refractivity contribution in [3.63, 3.8) is 0 Å². The minimum Gasteiger partial charge on any atom is -0.482 e. The van der Waals surface area contributed by atoms with Crippen LogP contribution in [0.2, 0.25) is 15.1 Å². The van der Waals surface area contributed by atoms with Crippen LogP contribution < -0.4 is 4.74 Å². The van der Waals surface area contributed by atoms with Gasteiger partial charge < -0.3 is 9.15 Å². The van der Waals surface area contributed by atoms with E-state index in [0.717, 1.165) is 5.56 Å². The molecular formula is C16H11Cl3N2O2S. The quantitative estimate of drug-likeness (QED) is 0.481. The lowest BCUT2D eigenvalue weighted by molar-refractivity contribution is 0.252.